The van der Waals surface area contributed by atoms with Crippen LogP contribution in [0.15, 0.2) is 63.7 Å². The molecule has 3 aromatic rings. The van der Waals surface area contributed by atoms with Gasteiger partial charge < -0.3 is 14.5 Å². The molecule has 0 unspecified atom stereocenters. The minimum atomic E-state index is -0.639. The summed E-state index contributed by atoms with van der Waals surface area (Å²) in [4.78, 5) is 27.6. The van der Waals surface area contributed by atoms with Gasteiger partial charge in [-0.25, -0.2) is 4.79 Å². The highest BCUT2D eigenvalue weighted by Crippen LogP contribution is 2.33. The zero-order valence-corrected chi connectivity index (χ0v) is 16.4. The van der Waals surface area contributed by atoms with Crippen LogP contribution in [-0.4, -0.2) is 29.1 Å². The molecule has 0 radical (unpaired) electrons. The van der Waals surface area contributed by atoms with E-state index in [0.29, 0.717) is 41.0 Å². The van der Waals surface area contributed by atoms with Gasteiger partial charge in [-0.1, -0.05) is 18.2 Å². The van der Waals surface area contributed by atoms with Crippen LogP contribution in [0.5, 0.6) is 11.5 Å². The predicted molar refractivity (Wildman–Crippen MR) is 114 cm³/mol. The first-order chi connectivity index (χ1) is 14.6. The highest BCUT2D eigenvalue weighted by atomic mass is 16.5. The van der Waals surface area contributed by atoms with Crippen molar-refractivity contribution in [3.63, 3.8) is 0 Å². The Morgan fingerprint density at radius 3 is 2.80 bits per heavy atom. The molecule has 0 fully saturated rings. The number of aromatic nitrogens is 2. The molecule has 30 heavy (non-hydrogen) atoms. The first kappa shape index (κ1) is 20.6. The van der Waals surface area contributed by atoms with Gasteiger partial charge in [0.25, 0.3) is 5.56 Å². The Morgan fingerprint density at radius 2 is 2.07 bits per heavy atom. The van der Waals surface area contributed by atoms with Gasteiger partial charge in [-0.05, 0) is 43.2 Å². The van der Waals surface area contributed by atoms with E-state index in [2.05, 4.69) is 16.7 Å². The lowest BCUT2D eigenvalue weighted by atomic mass is 10.1. The molecule has 1 heterocycles. The third kappa shape index (κ3) is 4.31. The molecular formula is C22H20N4O4. The third-order valence-corrected chi connectivity index (χ3v) is 4.21. The molecule has 0 bridgehead atoms. The van der Waals surface area contributed by atoms with Crippen LogP contribution in [0.4, 0.5) is 0 Å². The Kier molecular flexibility index (Phi) is 6.45. The fourth-order valence-electron chi connectivity index (χ4n) is 2.98. The Labute approximate surface area is 172 Å². The number of aromatic amines is 1. The van der Waals surface area contributed by atoms with Crippen LogP contribution in [0.1, 0.15) is 18.1 Å². The number of ether oxygens (including phenoxy) is 2. The molecule has 3 rings (SSSR count). The zero-order valence-electron chi connectivity index (χ0n) is 16.4. The van der Waals surface area contributed by atoms with E-state index < -0.39 is 11.2 Å². The van der Waals surface area contributed by atoms with Gasteiger partial charge in [-0.3, -0.25) is 4.79 Å². The van der Waals surface area contributed by atoms with Crippen LogP contribution < -0.4 is 20.7 Å². The number of fused-ring (bicyclic) bond motifs is 1. The number of H-pyrrole nitrogens is 1. The van der Waals surface area contributed by atoms with Crippen LogP contribution in [-0.2, 0) is 6.42 Å². The fraction of sp³-hybridized carbons (Fsp3) is 0.182. The minimum absolute atomic E-state index is 0.125. The molecule has 0 atom stereocenters. The van der Waals surface area contributed by atoms with E-state index >= 15 is 0 Å². The maximum atomic E-state index is 12.6. The largest absolute Gasteiger partial charge is 0.490 e. The molecule has 0 aliphatic heterocycles. The van der Waals surface area contributed by atoms with Gasteiger partial charge in [0, 0.05) is 5.56 Å². The van der Waals surface area contributed by atoms with Crippen molar-refractivity contribution in [2.75, 3.05) is 13.2 Å². The number of allylic oxidation sites excluding steroid dienone is 1. The molecule has 8 nitrogen and oxygen atoms in total. The van der Waals surface area contributed by atoms with E-state index in [0.717, 1.165) is 10.2 Å². The molecule has 2 aromatic carbocycles. The Hall–Kier alpha value is -4.12. The topological polar surface area (TPSA) is 109 Å². The third-order valence-electron chi connectivity index (χ3n) is 4.21. The summed E-state index contributed by atoms with van der Waals surface area (Å²) >= 11 is 0. The van der Waals surface area contributed by atoms with Crippen molar-refractivity contribution in [3.8, 4) is 17.6 Å². The normalized spacial score (nSPS) is 10.8. The number of nitrogens with zero attached hydrogens (tertiary/aromatic N) is 3. The molecule has 8 heteroatoms. The summed E-state index contributed by atoms with van der Waals surface area (Å²) in [6.45, 7) is 5.84. The molecule has 1 N–H and O–H groups in total. The number of hydrogen-bond acceptors (Lipinski definition) is 6. The first-order valence-corrected chi connectivity index (χ1v) is 9.27. The number of nitrogens with one attached hydrogen (secondary N) is 1. The second-order valence-corrected chi connectivity index (χ2v) is 6.22. The lowest BCUT2D eigenvalue weighted by molar-refractivity contribution is 0.297. The van der Waals surface area contributed by atoms with Gasteiger partial charge in [-0.15, -0.1) is 11.3 Å². The van der Waals surface area contributed by atoms with Crippen LogP contribution in [0.2, 0.25) is 0 Å². The molecule has 0 amide bonds. The average molecular weight is 404 g/mol. The summed E-state index contributed by atoms with van der Waals surface area (Å²) in [5.41, 5.74) is 0.632. The van der Waals surface area contributed by atoms with Gasteiger partial charge >= 0.3 is 5.69 Å². The zero-order chi connectivity index (χ0) is 21.5. The number of rotatable bonds is 8. The molecule has 0 aliphatic carbocycles. The van der Waals surface area contributed by atoms with Crippen molar-refractivity contribution in [1.29, 1.82) is 5.26 Å². The quantitative estimate of drug-likeness (QED) is 0.458. The molecule has 1 aromatic heterocycles. The van der Waals surface area contributed by atoms with E-state index in [1.54, 1.807) is 42.5 Å². The van der Waals surface area contributed by atoms with Crippen molar-refractivity contribution < 1.29 is 9.47 Å². The maximum Gasteiger partial charge on any atom is 0.349 e. The highest BCUT2D eigenvalue weighted by Gasteiger charge is 2.13. The summed E-state index contributed by atoms with van der Waals surface area (Å²) in [6, 6.07) is 12.1. The Bertz CT molecular complexity index is 1260. The second-order valence-electron chi connectivity index (χ2n) is 6.22. The molecule has 0 saturated heterocycles. The van der Waals surface area contributed by atoms with E-state index in [1.807, 2.05) is 13.0 Å². The van der Waals surface area contributed by atoms with Crippen molar-refractivity contribution in [2.24, 2.45) is 5.10 Å². The number of para-hydroxylation sites is 1. The van der Waals surface area contributed by atoms with Crippen LogP contribution in [0.3, 0.4) is 0 Å². The van der Waals surface area contributed by atoms with Crippen molar-refractivity contribution >= 4 is 17.1 Å². The van der Waals surface area contributed by atoms with Gasteiger partial charge in [0.1, 0.15) is 6.07 Å². The molecule has 0 saturated carbocycles. The summed E-state index contributed by atoms with van der Waals surface area (Å²) in [7, 11) is 0. The average Bonchev–Trinajstić information content (AvgIpc) is 2.73. The lowest BCUT2D eigenvalue weighted by Crippen LogP contribution is -2.32. The minimum Gasteiger partial charge on any atom is -0.490 e. The van der Waals surface area contributed by atoms with Gasteiger partial charge in [-0.2, -0.15) is 10.4 Å². The highest BCUT2D eigenvalue weighted by molar-refractivity contribution is 5.82. The number of benzene rings is 2. The lowest BCUT2D eigenvalue weighted by Gasteiger charge is -2.15. The smallest absolute Gasteiger partial charge is 0.349 e. The number of hydrogen-bond donors (Lipinski definition) is 1. The fourth-order valence-corrected chi connectivity index (χ4v) is 2.98. The maximum absolute atomic E-state index is 12.6. The van der Waals surface area contributed by atoms with Crippen molar-refractivity contribution in [3.05, 3.63) is 81.0 Å². The summed E-state index contributed by atoms with van der Waals surface area (Å²) < 4.78 is 12.0. The molecule has 0 spiro atoms. The molecule has 152 valence electrons. The molecule has 0 aliphatic rings. The van der Waals surface area contributed by atoms with Crippen LogP contribution in [0, 0.1) is 11.3 Å². The first-order valence-electron chi connectivity index (χ1n) is 9.27. The van der Waals surface area contributed by atoms with Crippen LogP contribution in [0.25, 0.3) is 10.9 Å². The van der Waals surface area contributed by atoms with Crippen LogP contribution >= 0.6 is 0 Å². The van der Waals surface area contributed by atoms with Gasteiger partial charge in [0.15, 0.2) is 18.1 Å². The summed E-state index contributed by atoms with van der Waals surface area (Å²) in [6.07, 6.45) is 3.57. The van der Waals surface area contributed by atoms with E-state index in [1.165, 1.54) is 6.21 Å². The summed E-state index contributed by atoms with van der Waals surface area (Å²) in [5.74, 6) is 0.893. The van der Waals surface area contributed by atoms with Gasteiger partial charge in [0.05, 0.1) is 23.7 Å². The second kappa shape index (κ2) is 9.39. The molecular weight excluding hydrogens is 384 g/mol. The van der Waals surface area contributed by atoms with Gasteiger partial charge in [0.2, 0.25) is 0 Å². The van der Waals surface area contributed by atoms with E-state index in [-0.39, 0.29) is 6.61 Å². The van der Waals surface area contributed by atoms with Crippen molar-refractivity contribution in [1.82, 2.24) is 9.66 Å². The van der Waals surface area contributed by atoms with E-state index in [9.17, 15) is 9.59 Å². The Balaban J connectivity index is 2.08. The monoisotopic (exact) mass is 404 g/mol. The van der Waals surface area contributed by atoms with E-state index in [4.69, 9.17) is 14.7 Å². The Morgan fingerprint density at radius 1 is 1.27 bits per heavy atom. The standard InChI is InChI=1S/C22H20N4O4/c1-3-7-16-12-15(13-19(29-4-2)20(16)30-11-10-23)14-24-26-21(27)17-8-5-6-9-18(17)25-22(26)28/h3,5-6,8-9,12-14H,1,4,7,11H2,2H3,(H,25,28). The summed E-state index contributed by atoms with van der Waals surface area (Å²) in [5, 5.41) is 13.3. The van der Waals surface area contributed by atoms with Crippen molar-refractivity contribution in [2.45, 2.75) is 13.3 Å². The SMILES string of the molecule is C=CCc1cc(C=Nn2c(=O)[nH]c3ccccc3c2=O)cc(OCC)c1OCC#N. The predicted octanol–water partition coefficient (Wildman–Crippen LogP) is 2.60. The number of nitriles is 1.